The molecule has 5 aromatic rings. The predicted molar refractivity (Wildman–Crippen MR) is 125 cm³/mol. The lowest BCUT2D eigenvalue weighted by Gasteiger charge is -2.16. The number of H-pyrrole nitrogens is 1. The number of para-hydroxylation sites is 2. The molecule has 2 aromatic heterocycles. The van der Waals surface area contributed by atoms with E-state index in [-0.39, 0.29) is 6.61 Å². The number of ether oxygens (including phenoxy) is 2. The Bertz CT molecular complexity index is 1470. The van der Waals surface area contributed by atoms with Crippen molar-refractivity contribution in [1.29, 1.82) is 0 Å². The summed E-state index contributed by atoms with van der Waals surface area (Å²) in [5.74, 6) is -0.391. The number of aromatic nitrogens is 1. The van der Waals surface area contributed by atoms with Crippen LogP contribution in [0.15, 0.2) is 77.3 Å². The molecule has 0 aliphatic heterocycles. The van der Waals surface area contributed by atoms with Crippen molar-refractivity contribution < 1.29 is 23.5 Å². The Balaban J connectivity index is 1.28. The molecule has 33 heavy (non-hydrogen) atoms. The van der Waals surface area contributed by atoms with Gasteiger partial charge in [0.1, 0.15) is 23.0 Å². The largest absolute Gasteiger partial charge is 0.484 e. The maximum atomic E-state index is 12.6. The molecule has 3 aromatic carbocycles. The van der Waals surface area contributed by atoms with Gasteiger partial charge < -0.3 is 24.2 Å². The summed E-state index contributed by atoms with van der Waals surface area (Å²) >= 11 is 0. The van der Waals surface area contributed by atoms with Crippen LogP contribution in [-0.4, -0.2) is 36.6 Å². The first-order valence-corrected chi connectivity index (χ1v) is 10.6. The van der Waals surface area contributed by atoms with E-state index in [0.29, 0.717) is 12.2 Å². The monoisotopic (exact) mass is 442 g/mol. The molecule has 2 heterocycles. The summed E-state index contributed by atoms with van der Waals surface area (Å²) in [6.45, 7) is -0.233. The molecule has 5 rings (SSSR count). The van der Waals surface area contributed by atoms with Gasteiger partial charge in [0.2, 0.25) is 0 Å². The van der Waals surface area contributed by atoms with Crippen LogP contribution in [0, 0.1) is 0 Å². The molecule has 0 bridgehead atoms. The number of esters is 1. The van der Waals surface area contributed by atoms with Crippen molar-refractivity contribution in [3.8, 4) is 5.75 Å². The van der Waals surface area contributed by atoms with Gasteiger partial charge >= 0.3 is 5.97 Å². The van der Waals surface area contributed by atoms with Gasteiger partial charge in [-0.2, -0.15) is 0 Å². The van der Waals surface area contributed by atoms with E-state index in [1.54, 1.807) is 6.07 Å². The Kier molecular flexibility index (Phi) is 5.44. The van der Waals surface area contributed by atoms with Crippen LogP contribution >= 0.6 is 0 Å². The number of carbonyl (C=O) groups excluding carboxylic acids is 2. The van der Waals surface area contributed by atoms with E-state index in [4.69, 9.17) is 13.9 Å². The third-order valence-electron chi connectivity index (χ3n) is 5.64. The van der Waals surface area contributed by atoms with E-state index in [1.807, 2.05) is 66.9 Å². The Morgan fingerprint density at radius 2 is 1.73 bits per heavy atom. The fourth-order valence-electron chi connectivity index (χ4n) is 4.04. The lowest BCUT2D eigenvalue weighted by Crippen LogP contribution is -2.44. The summed E-state index contributed by atoms with van der Waals surface area (Å²) in [7, 11) is 1.30. The Labute approximate surface area is 189 Å². The molecule has 0 radical (unpaired) electrons. The number of benzene rings is 3. The summed E-state index contributed by atoms with van der Waals surface area (Å²) in [5.41, 5.74) is 3.42. The molecule has 7 heteroatoms. The van der Waals surface area contributed by atoms with E-state index in [1.165, 1.54) is 7.11 Å². The van der Waals surface area contributed by atoms with Gasteiger partial charge in [-0.15, -0.1) is 0 Å². The molecule has 0 aliphatic carbocycles. The second kappa shape index (κ2) is 8.70. The average Bonchev–Trinajstić information content (AvgIpc) is 3.43. The third kappa shape index (κ3) is 4.13. The van der Waals surface area contributed by atoms with Crippen LogP contribution in [0.25, 0.3) is 32.8 Å². The number of aromatic amines is 1. The smallest absolute Gasteiger partial charge is 0.328 e. The second-order valence-corrected chi connectivity index (χ2v) is 7.75. The number of hydrogen-bond donors (Lipinski definition) is 2. The molecule has 1 amide bonds. The standard InChI is InChI=1S/C26H22N2O5/c1-31-26(30)22(12-16-14-27-21-8-4-2-6-18(16)21)28-25(29)15-32-17-10-11-24-20(13-17)19-7-3-5-9-23(19)33-24/h2-11,13-14,22,27H,12,15H2,1H3,(H,28,29)/t22-/m1/s1. The van der Waals surface area contributed by atoms with Gasteiger partial charge in [0.25, 0.3) is 5.91 Å². The van der Waals surface area contributed by atoms with Crippen LogP contribution in [0.2, 0.25) is 0 Å². The number of furan rings is 1. The first-order valence-electron chi connectivity index (χ1n) is 10.6. The van der Waals surface area contributed by atoms with Gasteiger partial charge in [0.15, 0.2) is 6.61 Å². The highest BCUT2D eigenvalue weighted by Gasteiger charge is 2.23. The minimum Gasteiger partial charge on any atom is -0.484 e. The van der Waals surface area contributed by atoms with Crippen molar-refractivity contribution in [2.24, 2.45) is 0 Å². The van der Waals surface area contributed by atoms with Gasteiger partial charge in [-0.1, -0.05) is 36.4 Å². The molecule has 0 fully saturated rings. The number of amides is 1. The molecule has 0 spiro atoms. The number of carbonyl (C=O) groups is 2. The highest BCUT2D eigenvalue weighted by Crippen LogP contribution is 2.31. The number of methoxy groups -OCH3 is 1. The van der Waals surface area contributed by atoms with E-state index in [2.05, 4.69) is 10.3 Å². The van der Waals surface area contributed by atoms with Crippen LogP contribution in [0.4, 0.5) is 0 Å². The Morgan fingerprint density at radius 1 is 0.970 bits per heavy atom. The van der Waals surface area contributed by atoms with Crippen LogP contribution in [0.1, 0.15) is 5.56 Å². The number of nitrogens with one attached hydrogen (secondary N) is 2. The molecular formula is C26H22N2O5. The van der Waals surface area contributed by atoms with E-state index in [0.717, 1.165) is 38.4 Å². The number of hydrogen-bond acceptors (Lipinski definition) is 5. The molecule has 7 nitrogen and oxygen atoms in total. The Hall–Kier alpha value is -4.26. The number of rotatable bonds is 7. The minimum atomic E-state index is -0.828. The van der Waals surface area contributed by atoms with Crippen molar-refractivity contribution in [3.63, 3.8) is 0 Å². The summed E-state index contributed by atoms with van der Waals surface area (Å²) in [4.78, 5) is 28.1. The molecule has 166 valence electrons. The molecule has 1 atom stereocenters. The molecule has 0 saturated heterocycles. The van der Waals surface area contributed by atoms with Crippen LogP contribution in [-0.2, 0) is 20.7 Å². The fourth-order valence-corrected chi connectivity index (χ4v) is 4.04. The Morgan fingerprint density at radius 3 is 2.58 bits per heavy atom. The SMILES string of the molecule is COC(=O)[C@@H](Cc1c[nH]c2ccccc12)NC(=O)COc1ccc2oc3ccccc3c2c1. The van der Waals surface area contributed by atoms with Crippen LogP contribution < -0.4 is 10.1 Å². The first-order chi connectivity index (χ1) is 16.1. The lowest BCUT2D eigenvalue weighted by molar-refractivity contribution is -0.145. The summed E-state index contributed by atoms with van der Waals surface area (Å²) < 4.78 is 16.4. The van der Waals surface area contributed by atoms with Gasteiger partial charge in [0.05, 0.1) is 7.11 Å². The zero-order valence-corrected chi connectivity index (χ0v) is 18.0. The quantitative estimate of drug-likeness (QED) is 0.366. The molecule has 2 N–H and O–H groups in total. The highest BCUT2D eigenvalue weighted by atomic mass is 16.5. The van der Waals surface area contributed by atoms with E-state index < -0.39 is 17.9 Å². The maximum Gasteiger partial charge on any atom is 0.328 e. The molecule has 0 unspecified atom stereocenters. The van der Waals surface area contributed by atoms with E-state index >= 15 is 0 Å². The average molecular weight is 442 g/mol. The predicted octanol–water partition coefficient (Wildman–Crippen LogP) is 4.35. The number of fused-ring (bicyclic) bond motifs is 4. The third-order valence-corrected chi connectivity index (χ3v) is 5.64. The van der Waals surface area contributed by atoms with Gasteiger partial charge in [-0.3, -0.25) is 4.79 Å². The van der Waals surface area contributed by atoms with Crippen LogP contribution in [0.5, 0.6) is 5.75 Å². The second-order valence-electron chi connectivity index (χ2n) is 7.75. The van der Waals surface area contributed by atoms with Gasteiger partial charge in [-0.25, -0.2) is 4.79 Å². The summed E-state index contributed by atoms with van der Waals surface area (Å²) in [5, 5.41) is 5.62. The fraction of sp³-hybridized carbons (Fsp3) is 0.154. The zero-order valence-electron chi connectivity index (χ0n) is 18.0. The molecular weight excluding hydrogens is 420 g/mol. The van der Waals surface area contributed by atoms with Crippen molar-refractivity contribution in [1.82, 2.24) is 10.3 Å². The summed E-state index contributed by atoms with van der Waals surface area (Å²) in [6, 6.07) is 20.1. The van der Waals surface area contributed by atoms with E-state index in [9.17, 15) is 9.59 Å². The van der Waals surface area contributed by atoms with Gasteiger partial charge in [-0.05, 0) is 35.9 Å². The lowest BCUT2D eigenvalue weighted by atomic mass is 10.0. The van der Waals surface area contributed by atoms with Gasteiger partial charge in [0, 0.05) is 34.3 Å². The summed E-state index contributed by atoms with van der Waals surface area (Å²) in [6.07, 6.45) is 2.14. The van der Waals surface area contributed by atoms with Crippen molar-refractivity contribution in [2.45, 2.75) is 12.5 Å². The molecule has 0 saturated carbocycles. The maximum absolute atomic E-state index is 12.6. The first kappa shape index (κ1) is 20.6. The topological polar surface area (TPSA) is 93.6 Å². The van der Waals surface area contributed by atoms with Crippen LogP contribution in [0.3, 0.4) is 0 Å². The molecule has 0 aliphatic rings. The van der Waals surface area contributed by atoms with Crippen molar-refractivity contribution in [3.05, 3.63) is 78.5 Å². The highest BCUT2D eigenvalue weighted by molar-refractivity contribution is 6.05. The minimum absolute atomic E-state index is 0.233. The zero-order chi connectivity index (χ0) is 22.8. The normalized spacial score (nSPS) is 12.2. The van der Waals surface area contributed by atoms with Crippen molar-refractivity contribution >= 4 is 44.7 Å². The van der Waals surface area contributed by atoms with Crippen molar-refractivity contribution in [2.75, 3.05) is 13.7 Å².